The third-order valence-corrected chi connectivity index (χ3v) is 5.51. The fraction of sp³-hybridized carbons (Fsp3) is 0.458. The topological polar surface area (TPSA) is 60.0 Å². The Hall–Kier alpha value is -2.57. The van der Waals surface area contributed by atoms with E-state index in [0.717, 1.165) is 56.1 Å². The van der Waals surface area contributed by atoms with E-state index in [1.54, 1.807) is 0 Å². The molecule has 1 saturated heterocycles. The zero-order valence-electron chi connectivity index (χ0n) is 17.8. The summed E-state index contributed by atoms with van der Waals surface area (Å²) in [4.78, 5) is 14.8. The maximum absolute atomic E-state index is 12.4. The highest BCUT2D eigenvalue weighted by molar-refractivity contribution is 5.77. The maximum Gasteiger partial charge on any atom is 0.258 e. The first-order valence-corrected chi connectivity index (χ1v) is 10.6. The molecule has 1 N–H and O–H groups in total. The lowest BCUT2D eigenvalue weighted by atomic mass is 10.0. The third kappa shape index (κ3) is 5.12. The fourth-order valence-corrected chi connectivity index (χ4v) is 3.97. The number of nitrogens with zero attached hydrogens (tertiary/aromatic N) is 1. The standard InChI is InChI=1S/C24H30N2O4/c1-24(2)14-18-8-5-9-21(23(18)30-24)29-17-22(27)25-15-19-6-3-4-7-20(19)16-26-10-12-28-13-11-26/h3-9H,10-17H2,1-2H3,(H,25,27). The molecule has 0 unspecified atom stereocenters. The predicted octanol–water partition coefficient (Wildman–Crippen LogP) is 2.93. The van der Waals surface area contributed by atoms with Gasteiger partial charge in [-0.15, -0.1) is 0 Å². The molecule has 0 spiro atoms. The summed E-state index contributed by atoms with van der Waals surface area (Å²) in [5.74, 6) is 1.23. The number of para-hydroxylation sites is 1. The monoisotopic (exact) mass is 410 g/mol. The second-order valence-electron chi connectivity index (χ2n) is 8.51. The van der Waals surface area contributed by atoms with Crippen LogP contribution in [0.5, 0.6) is 11.5 Å². The van der Waals surface area contributed by atoms with E-state index in [1.165, 1.54) is 5.56 Å². The van der Waals surface area contributed by atoms with Crippen molar-refractivity contribution in [1.82, 2.24) is 10.2 Å². The summed E-state index contributed by atoms with van der Waals surface area (Å²) in [5.41, 5.74) is 3.24. The van der Waals surface area contributed by atoms with Crippen LogP contribution in [0.3, 0.4) is 0 Å². The van der Waals surface area contributed by atoms with Gasteiger partial charge in [0.2, 0.25) is 0 Å². The van der Waals surface area contributed by atoms with Gasteiger partial charge in [0, 0.05) is 38.2 Å². The molecule has 0 atom stereocenters. The molecule has 0 aromatic heterocycles. The van der Waals surface area contributed by atoms with Gasteiger partial charge in [0.15, 0.2) is 18.1 Å². The number of rotatable bonds is 7. The van der Waals surface area contributed by atoms with Gasteiger partial charge in [-0.3, -0.25) is 9.69 Å². The minimum Gasteiger partial charge on any atom is -0.483 e. The summed E-state index contributed by atoms with van der Waals surface area (Å²) in [7, 11) is 0. The molecule has 6 nitrogen and oxygen atoms in total. The van der Waals surface area contributed by atoms with E-state index < -0.39 is 0 Å². The van der Waals surface area contributed by atoms with E-state index in [9.17, 15) is 4.79 Å². The quantitative estimate of drug-likeness (QED) is 0.761. The highest BCUT2D eigenvalue weighted by Crippen LogP contribution is 2.41. The SMILES string of the molecule is CC1(C)Cc2cccc(OCC(=O)NCc3ccccc3CN3CCOCC3)c2O1. The number of nitrogens with one attached hydrogen (secondary N) is 1. The van der Waals surface area contributed by atoms with Crippen molar-refractivity contribution >= 4 is 5.91 Å². The Labute approximate surface area is 178 Å². The molecule has 0 bridgehead atoms. The molecule has 1 fully saturated rings. The fourth-order valence-electron chi connectivity index (χ4n) is 3.97. The van der Waals surface area contributed by atoms with Crippen molar-refractivity contribution in [2.24, 2.45) is 0 Å². The molecule has 1 amide bonds. The van der Waals surface area contributed by atoms with Gasteiger partial charge >= 0.3 is 0 Å². The van der Waals surface area contributed by atoms with Gasteiger partial charge in [-0.05, 0) is 31.0 Å². The maximum atomic E-state index is 12.4. The van der Waals surface area contributed by atoms with E-state index in [0.29, 0.717) is 12.3 Å². The summed E-state index contributed by atoms with van der Waals surface area (Å²) >= 11 is 0. The van der Waals surface area contributed by atoms with Crippen LogP contribution in [-0.2, 0) is 29.0 Å². The molecule has 0 aliphatic carbocycles. The second kappa shape index (κ2) is 9.06. The number of hydrogen-bond donors (Lipinski definition) is 1. The summed E-state index contributed by atoms with van der Waals surface area (Å²) in [6.45, 7) is 8.86. The summed E-state index contributed by atoms with van der Waals surface area (Å²) in [5, 5.41) is 2.98. The van der Waals surface area contributed by atoms with Gasteiger partial charge < -0.3 is 19.5 Å². The molecular weight excluding hydrogens is 380 g/mol. The van der Waals surface area contributed by atoms with Crippen LogP contribution < -0.4 is 14.8 Å². The summed E-state index contributed by atoms with van der Waals surface area (Å²) < 4.78 is 17.2. The molecule has 6 heteroatoms. The molecule has 30 heavy (non-hydrogen) atoms. The number of amides is 1. The molecule has 2 aliphatic heterocycles. The molecule has 2 heterocycles. The van der Waals surface area contributed by atoms with Crippen LogP contribution in [0.4, 0.5) is 0 Å². The van der Waals surface area contributed by atoms with Gasteiger partial charge in [-0.1, -0.05) is 36.4 Å². The van der Waals surface area contributed by atoms with Gasteiger partial charge in [-0.25, -0.2) is 0 Å². The number of benzene rings is 2. The zero-order chi connectivity index (χ0) is 21.0. The molecule has 0 saturated carbocycles. The largest absolute Gasteiger partial charge is 0.483 e. The first kappa shape index (κ1) is 20.7. The van der Waals surface area contributed by atoms with Crippen LogP contribution >= 0.6 is 0 Å². The number of fused-ring (bicyclic) bond motifs is 1. The van der Waals surface area contributed by atoms with Gasteiger partial charge in [0.05, 0.1) is 13.2 Å². The van der Waals surface area contributed by atoms with Crippen molar-refractivity contribution in [2.45, 2.75) is 39.0 Å². The minimum atomic E-state index is -0.242. The number of carbonyl (C=O) groups excluding carboxylic acids is 1. The van der Waals surface area contributed by atoms with Gasteiger partial charge in [0.1, 0.15) is 5.60 Å². The lowest BCUT2D eigenvalue weighted by molar-refractivity contribution is -0.123. The Morgan fingerprint density at radius 3 is 2.67 bits per heavy atom. The number of hydrogen-bond acceptors (Lipinski definition) is 5. The van der Waals surface area contributed by atoms with E-state index in [2.05, 4.69) is 36.2 Å². The average Bonchev–Trinajstić information content (AvgIpc) is 3.06. The normalized spacial score (nSPS) is 17.8. The van der Waals surface area contributed by atoms with Crippen molar-refractivity contribution in [3.05, 3.63) is 59.2 Å². The van der Waals surface area contributed by atoms with E-state index in [-0.39, 0.29) is 18.1 Å². The van der Waals surface area contributed by atoms with Crippen LogP contribution in [0.2, 0.25) is 0 Å². The van der Waals surface area contributed by atoms with Crippen LogP contribution in [0.25, 0.3) is 0 Å². The molecule has 4 rings (SSSR count). The zero-order valence-corrected chi connectivity index (χ0v) is 17.8. The number of carbonyl (C=O) groups is 1. The van der Waals surface area contributed by atoms with Crippen LogP contribution in [0.1, 0.15) is 30.5 Å². The molecule has 0 radical (unpaired) electrons. The van der Waals surface area contributed by atoms with Gasteiger partial charge in [-0.2, -0.15) is 0 Å². The Balaban J connectivity index is 1.31. The third-order valence-electron chi connectivity index (χ3n) is 5.51. The second-order valence-corrected chi connectivity index (χ2v) is 8.51. The van der Waals surface area contributed by atoms with Crippen molar-refractivity contribution in [2.75, 3.05) is 32.9 Å². The minimum absolute atomic E-state index is 0.0358. The average molecular weight is 411 g/mol. The number of ether oxygens (including phenoxy) is 3. The number of morpholine rings is 1. The van der Waals surface area contributed by atoms with E-state index in [1.807, 2.05) is 30.3 Å². The van der Waals surface area contributed by atoms with E-state index in [4.69, 9.17) is 14.2 Å². The molecule has 2 aromatic carbocycles. The van der Waals surface area contributed by atoms with Gasteiger partial charge in [0.25, 0.3) is 5.91 Å². The predicted molar refractivity (Wildman–Crippen MR) is 115 cm³/mol. The van der Waals surface area contributed by atoms with Crippen molar-refractivity contribution in [1.29, 1.82) is 0 Å². The highest BCUT2D eigenvalue weighted by Gasteiger charge is 2.32. The van der Waals surface area contributed by atoms with Crippen LogP contribution in [-0.4, -0.2) is 49.3 Å². The molecule has 2 aromatic rings. The molecule has 160 valence electrons. The molecular formula is C24H30N2O4. The Morgan fingerprint density at radius 1 is 1.10 bits per heavy atom. The Morgan fingerprint density at radius 2 is 1.87 bits per heavy atom. The van der Waals surface area contributed by atoms with Crippen LogP contribution in [0, 0.1) is 0 Å². The Bertz CT molecular complexity index is 891. The smallest absolute Gasteiger partial charge is 0.258 e. The summed E-state index contributed by atoms with van der Waals surface area (Å²) in [6, 6.07) is 14.1. The van der Waals surface area contributed by atoms with Crippen molar-refractivity contribution < 1.29 is 19.0 Å². The first-order valence-electron chi connectivity index (χ1n) is 10.6. The van der Waals surface area contributed by atoms with Crippen molar-refractivity contribution in [3.63, 3.8) is 0 Å². The summed E-state index contributed by atoms with van der Waals surface area (Å²) in [6.07, 6.45) is 0.839. The van der Waals surface area contributed by atoms with E-state index >= 15 is 0 Å². The van der Waals surface area contributed by atoms with Crippen molar-refractivity contribution in [3.8, 4) is 11.5 Å². The Kier molecular flexibility index (Phi) is 6.25. The lowest BCUT2D eigenvalue weighted by Crippen LogP contribution is -2.36. The highest BCUT2D eigenvalue weighted by atomic mass is 16.5. The molecule has 2 aliphatic rings. The van der Waals surface area contributed by atoms with Crippen LogP contribution in [0.15, 0.2) is 42.5 Å². The lowest BCUT2D eigenvalue weighted by Gasteiger charge is -2.27. The first-order chi connectivity index (χ1) is 14.5.